The molecule has 1 aliphatic heterocycles. The summed E-state index contributed by atoms with van der Waals surface area (Å²) in [6, 6.07) is 6.07. The van der Waals surface area contributed by atoms with E-state index in [1.165, 1.54) is 18.4 Å². The van der Waals surface area contributed by atoms with Gasteiger partial charge in [-0.2, -0.15) is 0 Å². The lowest BCUT2D eigenvalue weighted by Gasteiger charge is -2.53. The van der Waals surface area contributed by atoms with Crippen molar-refractivity contribution in [2.45, 2.75) is 44.6 Å². The van der Waals surface area contributed by atoms with Crippen molar-refractivity contribution in [1.29, 1.82) is 0 Å². The van der Waals surface area contributed by atoms with Gasteiger partial charge >= 0.3 is 0 Å². The smallest absolute Gasteiger partial charge is 0.180 e. The van der Waals surface area contributed by atoms with Gasteiger partial charge in [0.2, 0.25) is 0 Å². The maximum absolute atomic E-state index is 13.3. The highest BCUT2D eigenvalue weighted by molar-refractivity contribution is 6.03. The van der Waals surface area contributed by atoms with Gasteiger partial charge in [0.25, 0.3) is 0 Å². The number of hydrogen-bond donors (Lipinski definition) is 0. The molecule has 0 N–H and O–H groups in total. The topological polar surface area (TPSA) is 38.8 Å². The van der Waals surface area contributed by atoms with Crippen LogP contribution in [0.3, 0.4) is 0 Å². The lowest BCUT2D eigenvalue weighted by atomic mass is 9.58. The zero-order valence-electron chi connectivity index (χ0n) is 15.6. The number of carbonyl (C=O) groups excluding carboxylic acids is 1. The number of hydrogen-bond acceptors (Lipinski definition) is 4. The zero-order valence-corrected chi connectivity index (χ0v) is 15.6. The van der Waals surface area contributed by atoms with Crippen LogP contribution in [0.5, 0.6) is 5.75 Å². The van der Waals surface area contributed by atoms with Gasteiger partial charge in [0.15, 0.2) is 5.78 Å². The minimum atomic E-state index is 0.0482. The van der Waals surface area contributed by atoms with Gasteiger partial charge < -0.3 is 9.47 Å². The van der Waals surface area contributed by atoms with Gasteiger partial charge in [-0.25, -0.2) is 0 Å². The molecule has 1 saturated heterocycles. The number of likely N-dealkylation sites (tertiary alicyclic amines) is 1. The molecule has 3 atom stereocenters. The van der Waals surface area contributed by atoms with Crippen molar-refractivity contribution < 1.29 is 14.3 Å². The summed E-state index contributed by atoms with van der Waals surface area (Å²) < 4.78 is 10.9. The van der Waals surface area contributed by atoms with Crippen molar-refractivity contribution in [3.63, 3.8) is 0 Å². The zero-order chi connectivity index (χ0) is 17.6. The number of ether oxygens (including phenoxy) is 2. The number of piperidine rings is 1. The van der Waals surface area contributed by atoms with Gasteiger partial charge in [-0.15, -0.1) is 0 Å². The van der Waals surface area contributed by atoms with Crippen molar-refractivity contribution in [3.05, 3.63) is 29.3 Å². The van der Waals surface area contributed by atoms with E-state index in [-0.39, 0.29) is 11.5 Å². The number of nitrogens with zero attached hydrogens (tertiary/aromatic N) is 1. The minimum Gasteiger partial charge on any atom is -0.491 e. The molecule has 2 aliphatic carbocycles. The van der Waals surface area contributed by atoms with Gasteiger partial charge in [-0.3, -0.25) is 9.69 Å². The van der Waals surface area contributed by atoms with Gasteiger partial charge in [-0.05, 0) is 66.8 Å². The second-order valence-corrected chi connectivity index (χ2v) is 8.25. The highest BCUT2D eigenvalue weighted by atomic mass is 16.5. The summed E-state index contributed by atoms with van der Waals surface area (Å²) in [6.45, 7) is 7.84. The Kier molecular flexibility index (Phi) is 4.37. The van der Waals surface area contributed by atoms with Crippen molar-refractivity contribution in [1.82, 2.24) is 4.90 Å². The lowest BCUT2D eigenvalue weighted by molar-refractivity contribution is 0.0265. The molecule has 0 spiro atoms. The van der Waals surface area contributed by atoms with Gasteiger partial charge in [-0.1, -0.05) is 13.8 Å². The van der Waals surface area contributed by atoms with Crippen LogP contribution in [0.2, 0.25) is 0 Å². The fourth-order valence-corrected chi connectivity index (χ4v) is 4.72. The normalized spacial score (nSPS) is 31.7. The van der Waals surface area contributed by atoms with Crippen LogP contribution in [0.4, 0.5) is 0 Å². The van der Waals surface area contributed by atoms with Crippen molar-refractivity contribution in [3.8, 4) is 5.75 Å². The van der Waals surface area contributed by atoms with Crippen LogP contribution >= 0.6 is 0 Å². The summed E-state index contributed by atoms with van der Waals surface area (Å²) in [7, 11) is 1.67. The van der Waals surface area contributed by atoms with Crippen LogP contribution in [-0.4, -0.2) is 50.1 Å². The first-order valence-corrected chi connectivity index (χ1v) is 9.59. The Balaban J connectivity index is 1.65. The molecule has 1 aromatic rings. The van der Waals surface area contributed by atoms with E-state index in [2.05, 4.69) is 24.8 Å². The summed E-state index contributed by atoms with van der Waals surface area (Å²) in [4.78, 5) is 15.7. The van der Waals surface area contributed by atoms with E-state index in [1.807, 2.05) is 12.1 Å². The Morgan fingerprint density at radius 2 is 2.08 bits per heavy atom. The van der Waals surface area contributed by atoms with E-state index in [4.69, 9.17) is 9.47 Å². The molecule has 0 amide bonds. The Hall–Kier alpha value is -1.39. The predicted molar refractivity (Wildman–Crippen MR) is 97.4 cm³/mol. The van der Waals surface area contributed by atoms with Crippen LogP contribution in [0.1, 0.15) is 49.0 Å². The highest BCUT2D eigenvalue weighted by Gasteiger charge is 2.52. The first-order chi connectivity index (χ1) is 12.0. The largest absolute Gasteiger partial charge is 0.491 e. The Bertz CT molecular complexity index is 669. The quantitative estimate of drug-likeness (QED) is 0.743. The molecule has 4 nitrogen and oxygen atoms in total. The second kappa shape index (κ2) is 6.40. The monoisotopic (exact) mass is 343 g/mol. The molecule has 0 radical (unpaired) electrons. The number of carbonyl (C=O) groups is 1. The molecule has 4 rings (SSSR count). The van der Waals surface area contributed by atoms with Crippen LogP contribution in [0, 0.1) is 11.8 Å². The predicted octanol–water partition coefficient (Wildman–Crippen LogP) is 3.29. The van der Waals surface area contributed by atoms with Crippen LogP contribution < -0.4 is 4.74 Å². The third-order valence-corrected chi connectivity index (χ3v) is 6.68. The van der Waals surface area contributed by atoms with Crippen molar-refractivity contribution >= 4 is 5.78 Å². The van der Waals surface area contributed by atoms with Gasteiger partial charge in [0.1, 0.15) is 12.4 Å². The molecule has 2 fully saturated rings. The van der Waals surface area contributed by atoms with Gasteiger partial charge in [0.05, 0.1) is 12.6 Å². The van der Waals surface area contributed by atoms with E-state index < -0.39 is 0 Å². The molecule has 1 saturated carbocycles. The Morgan fingerprint density at radius 1 is 1.28 bits per heavy atom. The highest BCUT2D eigenvalue weighted by Crippen LogP contribution is 2.50. The number of rotatable bonds is 6. The maximum atomic E-state index is 13.3. The molecular weight excluding hydrogens is 314 g/mol. The Morgan fingerprint density at radius 3 is 2.80 bits per heavy atom. The minimum absolute atomic E-state index is 0.0482. The summed E-state index contributed by atoms with van der Waals surface area (Å²) in [5.41, 5.74) is 2.14. The molecule has 3 aliphatic rings. The number of methoxy groups -OCH3 is 1. The van der Waals surface area contributed by atoms with Crippen LogP contribution in [0.25, 0.3) is 0 Å². The summed E-state index contributed by atoms with van der Waals surface area (Å²) in [5, 5.41) is 0. The van der Waals surface area contributed by atoms with Crippen molar-refractivity contribution in [2.24, 2.45) is 11.8 Å². The molecule has 1 unspecified atom stereocenters. The number of benzene rings is 1. The van der Waals surface area contributed by atoms with Gasteiger partial charge in [0, 0.05) is 19.2 Å². The maximum Gasteiger partial charge on any atom is 0.180 e. The molecular formula is C21H29NO3. The molecule has 1 aromatic carbocycles. The summed E-state index contributed by atoms with van der Waals surface area (Å²) in [6.07, 6.45) is 3.78. The number of fused-ring (bicyclic) bond motifs is 4. The second-order valence-electron chi connectivity index (χ2n) is 8.25. The summed E-state index contributed by atoms with van der Waals surface area (Å²) >= 11 is 0. The molecule has 2 bridgehead atoms. The first-order valence-electron chi connectivity index (χ1n) is 9.59. The molecule has 136 valence electrons. The van der Waals surface area contributed by atoms with E-state index in [1.54, 1.807) is 7.11 Å². The lowest BCUT2D eigenvalue weighted by Crippen LogP contribution is -2.61. The molecule has 1 heterocycles. The first kappa shape index (κ1) is 17.0. The molecule has 25 heavy (non-hydrogen) atoms. The average Bonchev–Trinajstić information content (AvgIpc) is 3.41. The molecule has 4 heteroatoms. The van der Waals surface area contributed by atoms with Crippen LogP contribution in [-0.2, 0) is 10.2 Å². The standard InChI is InChI=1S/C21H29NO3/c1-14-19-20(23)17-7-6-16(25-11-10-24-3)12-18(17)21(14,2)8-9-22(19)13-15-4-5-15/h6-7,12,14-15,19H,4-5,8-11,13H2,1-3H3/t14-,19-,21?/m0/s1. The number of Topliss-reactive ketones (excluding diaryl/α,β-unsaturated/α-hetero) is 1. The van der Waals surface area contributed by atoms with Crippen LogP contribution in [0.15, 0.2) is 18.2 Å². The average molecular weight is 343 g/mol. The fourth-order valence-electron chi connectivity index (χ4n) is 4.72. The fraction of sp³-hybridized carbons (Fsp3) is 0.667. The van der Waals surface area contributed by atoms with E-state index in [0.29, 0.717) is 24.9 Å². The van der Waals surface area contributed by atoms with E-state index in [0.717, 1.165) is 36.7 Å². The third-order valence-electron chi connectivity index (χ3n) is 6.68. The Labute approximate surface area is 150 Å². The number of ketones is 1. The molecule has 0 aromatic heterocycles. The van der Waals surface area contributed by atoms with E-state index >= 15 is 0 Å². The SMILES string of the molecule is COCCOc1ccc2c(c1)C1(C)CCN(CC3CC3)[C@H](C2=O)[C@@H]1C. The third kappa shape index (κ3) is 2.89. The van der Waals surface area contributed by atoms with E-state index in [9.17, 15) is 4.79 Å². The van der Waals surface area contributed by atoms with Crippen molar-refractivity contribution in [2.75, 3.05) is 33.4 Å². The summed E-state index contributed by atoms with van der Waals surface area (Å²) in [5.74, 6) is 2.32.